The van der Waals surface area contributed by atoms with Gasteiger partial charge in [0, 0.05) is 105 Å². The van der Waals surface area contributed by atoms with Gasteiger partial charge in [-0.3, -0.25) is 0 Å². The maximum Gasteiger partial charge on any atom is 0.249 e. The molecule has 88 heavy (non-hydrogen) atoms. The van der Waals surface area contributed by atoms with Crippen LogP contribution in [0, 0.1) is 17.5 Å². The Morgan fingerprint density at radius 3 is 1.10 bits per heavy atom. The van der Waals surface area contributed by atoms with Crippen molar-refractivity contribution >= 4 is 154 Å². The lowest BCUT2D eigenvalue weighted by Crippen LogP contribution is -2.54. The lowest BCUT2D eigenvalue weighted by molar-refractivity contribution is 0.553. The van der Waals surface area contributed by atoms with Gasteiger partial charge in [0.1, 0.15) is 39.8 Å². The summed E-state index contributed by atoms with van der Waals surface area (Å²) in [6.07, 6.45) is 0. The summed E-state index contributed by atoms with van der Waals surface area (Å²) in [4.78, 5) is 0. The van der Waals surface area contributed by atoms with Crippen molar-refractivity contribution in [1.29, 1.82) is 0 Å². The number of halogens is 3. The molecule has 0 bridgehead atoms. The molecule has 0 saturated carbocycles. The quantitative estimate of drug-likeness (QED) is 0.149. The van der Waals surface area contributed by atoms with Gasteiger partial charge in [0.2, 0.25) is 6.71 Å². The van der Waals surface area contributed by atoms with Gasteiger partial charge in [-0.05, 0) is 109 Å². The summed E-state index contributed by atoms with van der Waals surface area (Å²) in [5.41, 5.74) is 15.8. The molecule has 0 N–H and O–H groups in total. The summed E-state index contributed by atoms with van der Waals surface area (Å²) in [5.74, 6) is -2.94. The normalized spacial score (nSPS) is 12.3. The van der Waals surface area contributed by atoms with Crippen molar-refractivity contribution in [2.75, 3.05) is 0 Å². The van der Waals surface area contributed by atoms with Crippen molar-refractivity contribution in [1.82, 2.24) is 18.3 Å². The van der Waals surface area contributed by atoms with Gasteiger partial charge in [0.15, 0.2) is 0 Å². The minimum atomic E-state index is -1.03. The van der Waals surface area contributed by atoms with Gasteiger partial charge < -0.3 is 27.1 Å². The third kappa shape index (κ3) is 6.90. The van der Waals surface area contributed by atoms with E-state index in [-0.39, 0.29) is 5.46 Å². The fourth-order valence-electron chi connectivity index (χ4n) is 14.8. The van der Waals surface area contributed by atoms with Crippen molar-refractivity contribution in [3.8, 4) is 22.7 Å². The fraction of sp³-hybridized carbons (Fsp3) is 0. The second-order valence-electron chi connectivity index (χ2n) is 23.1. The summed E-state index contributed by atoms with van der Waals surface area (Å²) in [6, 6.07) is 89.4. The van der Waals surface area contributed by atoms with Gasteiger partial charge in [0.25, 0.3) is 0 Å². The Bertz CT molecular complexity index is 6190. The van der Waals surface area contributed by atoms with E-state index in [1.54, 1.807) is 0 Å². The molecule has 19 aromatic rings. The lowest BCUT2D eigenvalue weighted by Gasteiger charge is -2.20. The summed E-state index contributed by atoms with van der Waals surface area (Å²) in [6.45, 7) is -1.03. The molecule has 0 unspecified atom stereocenters. The molecule has 19 rings (SSSR count). The van der Waals surface area contributed by atoms with E-state index in [1.807, 2.05) is 91.0 Å². The molecule has 0 saturated heterocycles. The molecule has 0 atom stereocenters. The number of hydrogen-bond acceptors (Lipinski definition) is 2. The Labute approximate surface area is 499 Å². The van der Waals surface area contributed by atoms with Crippen molar-refractivity contribution in [3.63, 3.8) is 0 Å². The molecule has 6 nitrogen and oxygen atoms in total. The lowest BCUT2D eigenvalue weighted by atomic mass is 9.36. The Morgan fingerprint density at radius 2 is 0.625 bits per heavy atom. The topological polar surface area (TPSA) is 46.0 Å². The molecule has 0 radical (unpaired) electrons. The van der Waals surface area contributed by atoms with Crippen molar-refractivity contribution < 1.29 is 22.0 Å². The molecule has 0 aliphatic heterocycles. The van der Waals surface area contributed by atoms with Gasteiger partial charge in [-0.25, -0.2) is 13.2 Å². The molecular formula is C78H44BF3N4O2. The highest BCUT2D eigenvalue weighted by Gasteiger charge is 2.31. The average Bonchev–Trinajstić information content (AvgIpc) is 1.81. The number of fused-ring (bicyclic) bond motifs is 19. The molecule has 0 aliphatic carbocycles. The number of rotatable bonds is 7. The first kappa shape index (κ1) is 48.8. The smallest absolute Gasteiger partial charge is 0.249 e. The van der Waals surface area contributed by atoms with E-state index in [4.69, 9.17) is 8.83 Å². The van der Waals surface area contributed by atoms with E-state index < -0.39 is 24.2 Å². The molecular weight excluding hydrogens is 1090 g/mol. The zero-order valence-electron chi connectivity index (χ0n) is 46.7. The number of hydrogen-bond donors (Lipinski definition) is 0. The SMILES string of the molecule is Fc1cc(F)c(B(c2cccc(-n3c4ccccc4c4cc5c6ccccc6n(-c6ccc7oc8ccccc8c7c6)c5cc43)c2)c2cccc(-n3c4ccccc4c4ccc5c6ccccc6n(-c6ccc7oc8ccccc8c7c6)c5c43)c2)c(F)c1. The maximum absolute atomic E-state index is 17.0. The molecule has 6 heterocycles. The van der Waals surface area contributed by atoms with Crippen molar-refractivity contribution in [2.45, 2.75) is 0 Å². The number of furan rings is 2. The zero-order chi connectivity index (χ0) is 58.0. The van der Waals surface area contributed by atoms with E-state index in [0.29, 0.717) is 10.9 Å². The highest BCUT2D eigenvalue weighted by Crippen LogP contribution is 2.44. The number of benzene rings is 13. The van der Waals surface area contributed by atoms with E-state index >= 15 is 13.2 Å². The Hall–Kier alpha value is -11.5. The van der Waals surface area contributed by atoms with Gasteiger partial charge in [0.05, 0.1) is 44.1 Å². The largest absolute Gasteiger partial charge is 0.456 e. The number of nitrogens with zero attached hydrogens (tertiary/aromatic N) is 4. The van der Waals surface area contributed by atoms with Crippen LogP contribution >= 0.6 is 0 Å². The predicted molar refractivity (Wildman–Crippen MR) is 356 cm³/mol. The molecule has 412 valence electrons. The van der Waals surface area contributed by atoms with Crippen LogP contribution in [-0.4, -0.2) is 25.0 Å². The van der Waals surface area contributed by atoms with Crippen LogP contribution in [0.25, 0.3) is 154 Å². The van der Waals surface area contributed by atoms with Crippen LogP contribution in [0.4, 0.5) is 13.2 Å². The second-order valence-corrected chi connectivity index (χ2v) is 23.1. The molecule has 0 aliphatic rings. The Morgan fingerprint density at radius 1 is 0.250 bits per heavy atom. The first-order chi connectivity index (χ1) is 43.4. The minimum Gasteiger partial charge on any atom is -0.456 e. The molecule has 0 spiro atoms. The minimum absolute atomic E-state index is 0.251. The van der Waals surface area contributed by atoms with Gasteiger partial charge >= 0.3 is 0 Å². The van der Waals surface area contributed by atoms with E-state index in [2.05, 4.69) is 182 Å². The summed E-state index contributed by atoms with van der Waals surface area (Å²) in [7, 11) is 0. The number of aromatic nitrogens is 4. The first-order valence-electron chi connectivity index (χ1n) is 29.5. The van der Waals surface area contributed by atoms with Crippen LogP contribution in [0.5, 0.6) is 0 Å². The van der Waals surface area contributed by atoms with Crippen LogP contribution in [0.3, 0.4) is 0 Å². The van der Waals surface area contributed by atoms with Crippen LogP contribution in [0.1, 0.15) is 0 Å². The predicted octanol–water partition coefficient (Wildman–Crippen LogP) is 18.8. The van der Waals surface area contributed by atoms with Crippen LogP contribution < -0.4 is 16.4 Å². The Balaban J connectivity index is 0.831. The van der Waals surface area contributed by atoms with E-state index in [9.17, 15) is 0 Å². The summed E-state index contributed by atoms with van der Waals surface area (Å²) in [5, 5.41) is 12.7. The van der Waals surface area contributed by atoms with Crippen LogP contribution in [-0.2, 0) is 0 Å². The summed E-state index contributed by atoms with van der Waals surface area (Å²) < 4.78 is 71.1. The van der Waals surface area contributed by atoms with E-state index in [1.165, 1.54) is 0 Å². The molecule has 10 heteroatoms. The average molecular weight is 1140 g/mol. The zero-order valence-corrected chi connectivity index (χ0v) is 46.7. The van der Waals surface area contributed by atoms with Gasteiger partial charge in [-0.15, -0.1) is 0 Å². The molecule has 13 aromatic carbocycles. The monoisotopic (exact) mass is 1140 g/mol. The van der Waals surface area contributed by atoms with Crippen molar-refractivity contribution in [2.24, 2.45) is 0 Å². The molecule has 0 amide bonds. The second kappa shape index (κ2) is 18.3. The highest BCUT2D eigenvalue weighted by molar-refractivity contribution is 6.95. The fourth-order valence-corrected chi connectivity index (χ4v) is 14.8. The highest BCUT2D eigenvalue weighted by atomic mass is 19.1. The Kier molecular flexibility index (Phi) is 10.1. The first-order valence-corrected chi connectivity index (χ1v) is 29.5. The van der Waals surface area contributed by atoms with E-state index in [0.717, 1.165) is 166 Å². The third-order valence-electron chi connectivity index (χ3n) is 18.4. The van der Waals surface area contributed by atoms with Crippen LogP contribution in [0.2, 0.25) is 0 Å². The van der Waals surface area contributed by atoms with Crippen LogP contribution in [0.15, 0.2) is 276 Å². The number of para-hydroxylation sites is 6. The van der Waals surface area contributed by atoms with Gasteiger partial charge in [-0.1, -0.05) is 157 Å². The third-order valence-corrected chi connectivity index (χ3v) is 18.4. The molecule has 6 aromatic heterocycles. The standard InChI is InChI=1S/C78H44BF3N4O2/c80-47-39-64(81)76(65(82)40-47)79(45-15-13-17-48(37-45)83-66-25-7-3-21-54(66)60-43-61-55-22-4-8-26-67(55)84(71(61)44-70(60)83)50-31-35-74-62(41-50)56-23-5-11-29-72(56)87-74)46-16-14-18-49(38-46)85-68-27-9-1-19-52(68)58-33-34-59-53-20-2-10-28-69(53)86(78(59)77(58)85)51-32-36-75-63(42-51)57-24-6-12-30-73(57)88-75/h1-44H. The summed E-state index contributed by atoms with van der Waals surface area (Å²) >= 11 is 0. The molecule has 0 fully saturated rings. The maximum atomic E-state index is 17.0. The van der Waals surface area contributed by atoms with Crippen molar-refractivity contribution in [3.05, 3.63) is 284 Å². The van der Waals surface area contributed by atoms with Gasteiger partial charge in [-0.2, -0.15) is 0 Å².